The number of aryl methyl sites for hydroxylation is 1. The van der Waals surface area contributed by atoms with Crippen LogP contribution in [0.1, 0.15) is 36.1 Å². The molecule has 3 heteroatoms. The molecule has 112 valence electrons. The van der Waals surface area contributed by atoms with Gasteiger partial charge in [-0.25, -0.2) is 4.39 Å². The van der Waals surface area contributed by atoms with Gasteiger partial charge in [0.15, 0.2) is 0 Å². The largest absolute Gasteiger partial charge is 0.496 e. The summed E-state index contributed by atoms with van der Waals surface area (Å²) in [6.45, 7) is 6.08. The lowest BCUT2D eigenvalue weighted by Crippen LogP contribution is -2.12. The summed E-state index contributed by atoms with van der Waals surface area (Å²) in [6, 6.07) is 10.9. The van der Waals surface area contributed by atoms with Gasteiger partial charge in [-0.3, -0.25) is 0 Å². The molecule has 0 aromatic heterocycles. The van der Waals surface area contributed by atoms with Gasteiger partial charge in [0.05, 0.1) is 13.2 Å². The van der Waals surface area contributed by atoms with Crippen LogP contribution in [0, 0.1) is 19.7 Å². The standard InChI is InChI=1S/C18H22FNO/c1-5-16(14-8-6-7-9-15(14)19)20-17-11-10-12(2)18(21-4)13(17)3/h6-11,16,20H,5H2,1-4H3. The number of ether oxygens (including phenoxy) is 1. The Morgan fingerprint density at radius 1 is 1.14 bits per heavy atom. The van der Waals surface area contributed by atoms with Crippen LogP contribution in [0.4, 0.5) is 10.1 Å². The Hall–Kier alpha value is -2.03. The first kappa shape index (κ1) is 15.4. The molecule has 0 saturated carbocycles. The second-order valence-corrected chi connectivity index (χ2v) is 5.21. The number of rotatable bonds is 5. The number of hydrogen-bond acceptors (Lipinski definition) is 2. The molecule has 0 fully saturated rings. The van der Waals surface area contributed by atoms with Crippen molar-refractivity contribution in [3.05, 3.63) is 58.9 Å². The van der Waals surface area contributed by atoms with Crippen molar-refractivity contribution in [2.45, 2.75) is 33.2 Å². The highest BCUT2D eigenvalue weighted by Crippen LogP contribution is 2.32. The van der Waals surface area contributed by atoms with Crippen LogP contribution < -0.4 is 10.1 Å². The van der Waals surface area contributed by atoms with Crippen LogP contribution in [0.15, 0.2) is 36.4 Å². The first-order chi connectivity index (χ1) is 10.1. The highest BCUT2D eigenvalue weighted by atomic mass is 19.1. The number of hydrogen-bond donors (Lipinski definition) is 1. The normalized spacial score (nSPS) is 12.0. The van der Waals surface area contributed by atoms with E-state index in [9.17, 15) is 4.39 Å². The smallest absolute Gasteiger partial charge is 0.128 e. The molecule has 0 heterocycles. The van der Waals surface area contributed by atoms with Crippen LogP contribution in [-0.4, -0.2) is 7.11 Å². The average molecular weight is 287 g/mol. The lowest BCUT2D eigenvalue weighted by Gasteiger charge is -2.22. The summed E-state index contributed by atoms with van der Waals surface area (Å²) < 4.78 is 19.4. The fourth-order valence-electron chi connectivity index (χ4n) is 2.64. The first-order valence-corrected chi connectivity index (χ1v) is 7.23. The van der Waals surface area contributed by atoms with Crippen LogP contribution in [0.2, 0.25) is 0 Å². The molecule has 0 saturated heterocycles. The summed E-state index contributed by atoms with van der Waals surface area (Å²) in [5.74, 6) is 0.706. The van der Waals surface area contributed by atoms with Crippen molar-refractivity contribution in [3.63, 3.8) is 0 Å². The third-order valence-corrected chi connectivity index (χ3v) is 3.83. The van der Waals surface area contributed by atoms with Crippen molar-refractivity contribution in [2.75, 3.05) is 12.4 Å². The van der Waals surface area contributed by atoms with Crippen LogP contribution in [0.5, 0.6) is 5.75 Å². The number of methoxy groups -OCH3 is 1. The van der Waals surface area contributed by atoms with E-state index in [-0.39, 0.29) is 11.9 Å². The average Bonchev–Trinajstić information content (AvgIpc) is 2.48. The van der Waals surface area contributed by atoms with E-state index >= 15 is 0 Å². The van der Waals surface area contributed by atoms with Gasteiger partial charge in [0, 0.05) is 16.8 Å². The maximum Gasteiger partial charge on any atom is 0.128 e. The summed E-state index contributed by atoms with van der Waals surface area (Å²) in [5.41, 5.74) is 3.82. The van der Waals surface area contributed by atoms with Crippen molar-refractivity contribution in [3.8, 4) is 5.75 Å². The zero-order valence-electron chi connectivity index (χ0n) is 13.0. The minimum Gasteiger partial charge on any atom is -0.496 e. The van der Waals surface area contributed by atoms with Crippen molar-refractivity contribution in [2.24, 2.45) is 0 Å². The molecule has 2 aromatic rings. The summed E-state index contributed by atoms with van der Waals surface area (Å²) >= 11 is 0. The zero-order valence-corrected chi connectivity index (χ0v) is 13.0. The predicted octanol–water partition coefficient (Wildman–Crippen LogP) is 5.01. The molecule has 0 aliphatic rings. The maximum atomic E-state index is 14.0. The van der Waals surface area contributed by atoms with Crippen LogP contribution in [0.25, 0.3) is 0 Å². The van der Waals surface area contributed by atoms with Gasteiger partial charge in [0.25, 0.3) is 0 Å². The fourth-order valence-corrected chi connectivity index (χ4v) is 2.64. The highest BCUT2D eigenvalue weighted by molar-refractivity contribution is 5.60. The van der Waals surface area contributed by atoms with E-state index in [0.717, 1.165) is 29.0 Å². The molecule has 0 aliphatic heterocycles. The SMILES string of the molecule is CCC(Nc1ccc(C)c(OC)c1C)c1ccccc1F. The Bertz CT molecular complexity index is 625. The molecular weight excluding hydrogens is 265 g/mol. The molecule has 1 atom stereocenters. The fraction of sp³-hybridized carbons (Fsp3) is 0.333. The predicted molar refractivity (Wildman–Crippen MR) is 85.5 cm³/mol. The molecule has 0 bridgehead atoms. The van der Waals surface area contributed by atoms with E-state index in [0.29, 0.717) is 5.56 Å². The van der Waals surface area contributed by atoms with Gasteiger partial charge >= 0.3 is 0 Å². The summed E-state index contributed by atoms with van der Waals surface area (Å²) in [6.07, 6.45) is 0.802. The molecule has 0 amide bonds. The molecule has 2 aromatic carbocycles. The van der Waals surface area contributed by atoms with Gasteiger partial charge in [-0.1, -0.05) is 31.2 Å². The second kappa shape index (κ2) is 6.61. The third-order valence-electron chi connectivity index (χ3n) is 3.83. The van der Waals surface area contributed by atoms with Gasteiger partial charge in [-0.15, -0.1) is 0 Å². The topological polar surface area (TPSA) is 21.3 Å². The second-order valence-electron chi connectivity index (χ2n) is 5.21. The molecule has 0 aliphatic carbocycles. The molecule has 2 nitrogen and oxygen atoms in total. The zero-order chi connectivity index (χ0) is 15.4. The quantitative estimate of drug-likeness (QED) is 0.834. The lowest BCUT2D eigenvalue weighted by atomic mass is 10.0. The molecular formula is C18H22FNO. The molecule has 21 heavy (non-hydrogen) atoms. The molecule has 1 unspecified atom stereocenters. The third kappa shape index (κ3) is 3.18. The van der Waals surface area contributed by atoms with E-state index in [4.69, 9.17) is 4.74 Å². The van der Waals surface area contributed by atoms with E-state index < -0.39 is 0 Å². The van der Waals surface area contributed by atoms with E-state index in [2.05, 4.69) is 5.32 Å². The van der Waals surface area contributed by atoms with Crippen LogP contribution >= 0.6 is 0 Å². The maximum absolute atomic E-state index is 14.0. The molecule has 0 radical (unpaired) electrons. The Morgan fingerprint density at radius 2 is 1.86 bits per heavy atom. The number of nitrogens with one attached hydrogen (secondary N) is 1. The van der Waals surface area contributed by atoms with Crippen molar-refractivity contribution in [1.82, 2.24) is 0 Å². The van der Waals surface area contributed by atoms with E-state index in [1.807, 2.05) is 45.0 Å². The van der Waals surface area contributed by atoms with Crippen LogP contribution in [0.3, 0.4) is 0 Å². The van der Waals surface area contributed by atoms with Gasteiger partial charge in [0.1, 0.15) is 11.6 Å². The Kier molecular flexibility index (Phi) is 4.84. The Morgan fingerprint density at radius 3 is 2.48 bits per heavy atom. The van der Waals surface area contributed by atoms with Gasteiger partial charge in [-0.2, -0.15) is 0 Å². The highest BCUT2D eigenvalue weighted by Gasteiger charge is 2.16. The molecule has 2 rings (SSSR count). The number of halogens is 1. The minimum absolute atomic E-state index is 0.0580. The summed E-state index contributed by atoms with van der Waals surface area (Å²) in [4.78, 5) is 0. The molecule has 0 spiro atoms. The minimum atomic E-state index is -0.173. The van der Waals surface area contributed by atoms with Crippen molar-refractivity contribution >= 4 is 5.69 Å². The van der Waals surface area contributed by atoms with Crippen molar-refractivity contribution in [1.29, 1.82) is 0 Å². The molecule has 1 N–H and O–H groups in total. The Labute approximate surface area is 126 Å². The van der Waals surface area contributed by atoms with Gasteiger partial charge < -0.3 is 10.1 Å². The Balaban J connectivity index is 2.34. The van der Waals surface area contributed by atoms with E-state index in [1.165, 1.54) is 6.07 Å². The summed E-state index contributed by atoms with van der Waals surface area (Å²) in [7, 11) is 1.67. The first-order valence-electron chi connectivity index (χ1n) is 7.23. The monoisotopic (exact) mass is 287 g/mol. The lowest BCUT2D eigenvalue weighted by molar-refractivity contribution is 0.408. The van der Waals surface area contributed by atoms with Gasteiger partial charge in [0.2, 0.25) is 0 Å². The van der Waals surface area contributed by atoms with Crippen molar-refractivity contribution < 1.29 is 9.13 Å². The van der Waals surface area contributed by atoms with E-state index in [1.54, 1.807) is 13.2 Å². The number of anilines is 1. The van der Waals surface area contributed by atoms with Crippen LogP contribution in [-0.2, 0) is 0 Å². The van der Waals surface area contributed by atoms with Gasteiger partial charge in [-0.05, 0) is 38.0 Å². The number of benzene rings is 2. The summed E-state index contributed by atoms with van der Waals surface area (Å²) in [5, 5.41) is 3.44.